The van der Waals surface area contributed by atoms with Gasteiger partial charge in [-0.1, -0.05) is 30.3 Å². The van der Waals surface area contributed by atoms with Gasteiger partial charge in [-0.3, -0.25) is 5.10 Å². The van der Waals surface area contributed by atoms with Crippen molar-refractivity contribution in [3.05, 3.63) is 95.9 Å². The summed E-state index contributed by atoms with van der Waals surface area (Å²) in [6.45, 7) is 0. The molecule has 0 spiro atoms. The summed E-state index contributed by atoms with van der Waals surface area (Å²) in [7, 11) is 0. The van der Waals surface area contributed by atoms with Gasteiger partial charge in [0.25, 0.3) is 0 Å². The number of benzene rings is 2. The molecule has 0 atom stereocenters. The second kappa shape index (κ2) is 9.49. The summed E-state index contributed by atoms with van der Waals surface area (Å²) < 4.78 is 6.46. The molecule has 9 heteroatoms. The molecule has 0 aliphatic rings. The van der Waals surface area contributed by atoms with Crippen molar-refractivity contribution in [2.24, 2.45) is 0 Å². The highest BCUT2D eigenvalue weighted by Crippen LogP contribution is 2.27. The lowest BCUT2D eigenvalue weighted by atomic mass is 10.1. The van der Waals surface area contributed by atoms with Crippen LogP contribution in [0.15, 0.2) is 95.9 Å². The van der Waals surface area contributed by atoms with Crippen LogP contribution in [-0.4, -0.2) is 25.1 Å². The average molecular weight is 500 g/mol. The number of nitrogens with zero attached hydrogens (tertiary/aromatic N) is 4. The number of hydrogen-bond acceptors (Lipinski definition) is 7. The minimum Gasteiger partial charge on any atom is -0.439 e. The third kappa shape index (κ3) is 5.16. The standard InChI is InChI=1S/C24H18BrN7O/c25-20-15-27-24(30-17-8-6-16(7-9-17)21-12-13-28-32-21)31-23(20)29-18-10-11-22(26-14-18)33-19-4-2-1-3-5-19/h1-15H,(H,28,32)(H2,27,29,30,31). The number of aromatic nitrogens is 5. The van der Waals surface area contributed by atoms with Gasteiger partial charge in [0, 0.05) is 24.1 Å². The lowest BCUT2D eigenvalue weighted by Gasteiger charge is -2.11. The first-order chi connectivity index (χ1) is 16.2. The highest BCUT2D eigenvalue weighted by molar-refractivity contribution is 9.10. The van der Waals surface area contributed by atoms with Crippen molar-refractivity contribution in [2.75, 3.05) is 10.6 Å². The van der Waals surface area contributed by atoms with Crippen LogP contribution in [-0.2, 0) is 0 Å². The van der Waals surface area contributed by atoms with E-state index in [9.17, 15) is 0 Å². The third-order valence-corrected chi connectivity index (χ3v) is 5.24. The Morgan fingerprint density at radius 1 is 0.788 bits per heavy atom. The summed E-state index contributed by atoms with van der Waals surface area (Å²) in [5, 5.41) is 13.4. The molecule has 5 rings (SSSR count). The Kier molecular flexibility index (Phi) is 5.94. The minimum atomic E-state index is 0.465. The van der Waals surface area contributed by atoms with Gasteiger partial charge in [-0.2, -0.15) is 10.1 Å². The van der Waals surface area contributed by atoms with Crippen LogP contribution in [0.4, 0.5) is 23.1 Å². The fourth-order valence-electron chi connectivity index (χ4n) is 3.05. The summed E-state index contributed by atoms with van der Waals surface area (Å²) in [5.41, 5.74) is 3.64. The highest BCUT2D eigenvalue weighted by atomic mass is 79.9. The van der Waals surface area contributed by atoms with E-state index in [0.29, 0.717) is 17.6 Å². The summed E-state index contributed by atoms with van der Waals surface area (Å²) in [5.74, 6) is 2.32. The first kappa shape index (κ1) is 20.7. The van der Waals surface area contributed by atoms with E-state index >= 15 is 0 Å². The minimum absolute atomic E-state index is 0.465. The Bertz CT molecular complexity index is 1330. The van der Waals surface area contributed by atoms with Gasteiger partial charge in [0.05, 0.1) is 22.1 Å². The van der Waals surface area contributed by atoms with Crippen LogP contribution in [0.3, 0.4) is 0 Å². The Morgan fingerprint density at radius 3 is 2.33 bits per heavy atom. The Labute approximate surface area is 198 Å². The van der Waals surface area contributed by atoms with E-state index in [1.807, 2.05) is 66.7 Å². The zero-order valence-corrected chi connectivity index (χ0v) is 18.8. The van der Waals surface area contributed by atoms with Gasteiger partial charge in [0.15, 0.2) is 0 Å². The van der Waals surface area contributed by atoms with Gasteiger partial charge in [-0.15, -0.1) is 0 Å². The fraction of sp³-hybridized carbons (Fsp3) is 0. The molecule has 3 aromatic heterocycles. The van der Waals surface area contributed by atoms with Crippen LogP contribution >= 0.6 is 15.9 Å². The SMILES string of the molecule is Brc1cnc(Nc2ccc(-c3ccn[nH]3)cc2)nc1Nc1ccc(Oc2ccccc2)nc1. The maximum absolute atomic E-state index is 5.74. The predicted octanol–water partition coefficient (Wildman–Crippen LogP) is 6.30. The number of rotatable bonds is 7. The largest absolute Gasteiger partial charge is 0.439 e. The molecular weight excluding hydrogens is 482 g/mol. The molecule has 2 aromatic carbocycles. The van der Waals surface area contributed by atoms with Crippen LogP contribution < -0.4 is 15.4 Å². The highest BCUT2D eigenvalue weighted by Gasteiger charge is 2.08. The van der Waals surface area contributed by atoms with Crippen molar-refractivity contribution in [3.63, 3.8) is 0 Å². The van der Waals surface area contributed by atoms with Crippen LogP contribution in [0.2, 0.25) is 0 Å². The Hall–Kier alpha value is -4.24. The van der Waals surface area contributed by atoms with Crippen molar-refractivity contribution in [3.8, 4) is 22.9 Å². The van der Waals surface area contributed by atoms with Crippen LogP contribution in [0.5, 0.6) is 11.6 Å². The van der Waals surface area contributed by atoms with Crippen LogP contribution in [0.1, 0.15) is 0 Å². The number of halogens is 1. The second-order valence-electron chi connectivity index (χ2n) is 6.99. The Balaban J connectivity index is 1.27. The van der Waals surface area contributed by atoms with Crippen molar-refractivity contribution >= 4 is 39.1 Å². The van der Waals surface area contributed by atoms with Crippen molar-refractivity contribution in [1.29, 1.82) is 0 Å². The van der Waals surface area contributed by atoms with E-state index in [1.54, 1.807) is 24.7 Å². The van der Waals surface area contributed by atoms with Gasteiger partial charge < -0.3 is 15.4 Å². The number of H-pyrrole nitrogens is 1. The van der Waals surface area contributed by atoms with Gasteiger partial charge in [0.2, 0.25) is 11.8 Å². The monoisotopic (exact) mass is 499 g/mol. The van der Waals surface area contributed by atoms with E-state index in [4.69, 9.17) is 4.74 Å². The van der Waals surface area contributed by atoms with Crippen molar-refractivity contribution < 1.29 is 4.74 Å². The average Bonchev–Trinajstić information content (AvgIpc) is 3.39. The van der Waals surface area contributed by atoms with E-state index in [2.05, 4.69) is 51.7 Å². The molecule has 0 bridgehead atoms. The van der Waals surface area contributed by atoms with E-state index in [1.165, 1.54) is 0 Å². The van der Waals surface area contributed by atoms with Crippen molar-refractivity contribution in [1.82, 2.24) is 25.1 Å². The lowest BCUT2D eigenvalue weighted by molar-refractivity contribution is 0.463. The smallest absolute Gasteiger partial charge is 0.229 e. The maximum Gasteiger partial charge on any atom is 0.229 e. The quantitative estimate of drug-likeness (QED) is 0.241. The molecule has 0 amide bonds. The molecule has 162 valence electrons. The van der Waals surface area contributed by atoms with E-state index in [0.717, 1.165) is 32.9 Å². The number of ether oxygens (including phenoxy) is 1. The maximum atomic E-state index is 5.74. The zero-order chi connectivity index (χ0) is 22.5. The molecule has 0 saturated carbocycles. The number of nitrogens with one attached hydrogen (secondary N) is 3. The van der Waals surface area contributed by atoms with Gasteiger partial charge in [-0.25, -0.2) is 9.97 Å². The molecule has 33 heavy (non-hydrogen) atoms. The van der Waals surface area contributed by atoms with Crippen molar-refractivity contribution in [2.45, 2.75) is 0 Å². The molecule has 0 radical (unpaired) electrons. The molecule has 0 fully saturated rings. The number of aromatic amines is 1. The molecule has 0 aliphatic carbocycles. The topological polar surface area (TPSA) is 101 Å². The number of anilines is 4. The summed E-state index contributed by atoms with van der Waals surface area (Å²) >= 11 is 3.49. The van der Waals surface area contributed by atoms with Crippen LogP contribution in [0, 0.1) is 0 Å². The number of pyridine rings is 1. The number of para-hydroxylation sites is 1. The van der Waals surface area contributed by atoms with E-state index in [-0.39, 0.29) is 0 Å². The predicted molar refractivity (Wildman–Crippen MR) is 131 cm³/mol. The van der Waals surface area contributed by atoms with Gasteiger partial charge in [-0.05, 0) is 57.9 Å². The first-order valence-corrected chi connectivity index (χ1v) is 10.9. The molecule has 0 saturated heterocycles. The molecule has 8 nitrogen and oxygen atoms in total. The van der Waals surface area contributed by atoms with Crippen LogP contribution in [0.25, 0.3) is 11.3 Å². The number of hydrogen-bond donors (Lipinski definition) is 3. The molecule has 3 heterocycles. The normalized spacial score (nSPS) is 10.6. The third-order valence-electron chi connectivity index (χ3n) is 4.66. The molecular formula is C24H18BrN7O. The molecule has 0 aliphatic heterocycles. The first-order valence-electron chi connectivity index (χ1n) is 10.1. The zero-order valence-electron chi connectivity index (χ0n) is 17.2. The summed E-state index contributed by atoms with van der Waals surface area (Å²) in [6.07, 6.45) is 5.11. The molecule has 5 aromatic rings. The van der Waals surface area contributed by atoms with Gasteiger partial charge >= 0.3 is 0 Å². The lowest BCUT2D eigenvalue weighted by Crippen LogP contribution is -2.02. The molecule has 3 N–H and O–H groups in total. The fourth-order valence-corrected chi connectivity index (χ4v) is 3.34. The summed E-state index contributed by atoms with van der Waals surface area (Å²) in [6, 6.07) is 23.0. The van der Waals surface area contributed by atoms with Gasteiger partial charge in [0.1, 0.15) is 11.6 Å². The summed E-state index contributed by atoms with van der Waals surface area (Å²) in [4.78, 5) is 13.3. The second-order valence-corrected chi connectivity index (χ2v) is 7.84. The van der Waals surface area contributed by atoms with E-state index < -0.39 is 0 Å². The molecule has 0 unspecified atom stereocenters. The Morgan fingerprint density at radius 2 is 1.61 bits per heavy atom.